The van der Waals surface area contributed by atoms with Crippen molar-refractivity contribution in [2.24, 2.45) is 11.3 Å². The molecule has 2 aliphatic heterocycles. The largest absolute Gasteiger partial charge is 0.376 e. The van der Waals surface area contributed by atoms with Gasteiger partial charge in [0.15, 0.2) is 0 Å². The minimum absolute atomic E-state index is 0.339. The summed E-state index contributed by atoms with van der Waals surface area (Å²) in [5, 5.41) is 3.79. The van der Waals surface area contributed by atoms with Crippen molar-refractivity contribution in [2.45, 2.75) is 77.6 Å². The van der Waals surface area contributed by atoms with Gasteiger partial charge in [-0.25, -0.2) is 0 Å². The van der Waals surface area contributed by atoms with Crippen LogP contribution >= 0.6 is 0 Å². The first-order chi connectivity index (χ1) is 9.50. The van der Waals surface area contributed by atoms with E-state index in [0.717, 1.165) is 19.1 Å². The first-order valence-electron chi connectivity index (χ1n) is 8.61. The molecule has 3 nitrogen and oxygen atoms in total. The van der Waals surface area contributed by atoms with Crippen molar-refractivity contribution >= 4 is 0 Å². The van der Waals surface area contributed by atoms with E-state index in [0.29, 0.717) is 29.6 Å². The Bertz CT molecular complexity index is 334. The molecule has 4 atom stereocenters. The fraction of sp³-hybridized carbons (Fsp3) is 1.00. The van der Waals surface area contributed by atoms with Crippen LogP contribution in [-0.2, 0) is 4.74 Å². The summed E-state index contributed by atoms with van der Waals surface area (Å²) in [5.74, 6) is 0.864. The Morgan fingerprint density at radius 1 is 1.20 bits per heavy atom. The van der Waals surface area contributed by atoms with Gasteiger partial charge in [0, 0.05) is 37.8 Å². The summed E-state index contributed by atoms with van der Waals surface area (Å²) in [5.41, 5.74) is 0.339. The van der Waals surface area contributed by atoms with Crippen LogP contribution < -0.4 is 5.32 Å². The van der Waals surface area contributed by atoms with Gasteiger partial charge in [0.05, 0.1) is 6.10 Å². The van der Waals surface area contributed by atoms with Gasteiger partial charge < -0.3 is 10.1 Å². The summed E-state index contributed by atoms with van der Waals surface area (Å²) in [6, 6.07) is 1.98. The molecule has 1 aliphatic carbocycles. The Hall–Kier alpha value is -0.120. The van der Waals surface area contributed by atoms with Gasteiger partial charge in [-0.15, -0.1) is 0 Å². The number of piperazine rings is 1. The predicted octanol–water partition coefficient (Wildman–Crippen LogP) is 2.65. The Labute approximate surface area is 124 Å². The number of nitrogens with zero attached hydrogens (tertiary/aromatic N) is 1. The molecule has 3 aliphatic rings. The van der Waals surface area contributed by atoms with Gasteiger partial charge in [-0.1, -0.05) is 27.7 Å². The van der Waals surface area contributed by atoms with E-state index in [1.165, 1.54) is 32.2 Å². The van der Waals surface area contributed by atoms with Crippen LogP contribution in [0, 0.1) is 11.3 Å². The first kappa shape index (κ1) is 14.8. The van der Waals surface area contributed by atoms with E-state index >= 15 is 0 Å². The van der Waals surface area contributed by atoms with Crippen LogP contribution in [-0.4, -0.2) is 48.8 Å². The average molecular weight is 280 g/mol. The van der Waals surface area contributed by atoms with Crippen LogP contribution in [0.15, 0.2) is 0 Å². The minimum atomic E-state index is 0.339. The highest BCUT2D eigenvalue weighted by Gasteiger charge is 2.46. The molecule has 4 unspecified atom stereocenters. The lowest BCUT2D eigenvalue weighted by Crippen LogP contribution is -2.63. The van der Waals surface area contributed by atoms with Crippen LogP contribution in [0.5, 0.6) is 0 Å². The summed E-state index contributed by atoms with van der Waals surface area (Å²) in [7, 11) is 0. The van der Waals surface area contributed by atoms with Crippen molar-refractivity contribution in [2.75, 3.05) is 19.7 Å². The van der Waals surface area contributed by atoms with Gasteiger partial charge in [0.25, 0.3) is 0 Å². The molecule has 0 spiro atoms. The number of rotatable bonds is 3. The van der Waals surface area contributed by atoms with Gasteiger partial charge in [-0.05, 0) is 37.0 Å². The van der Waals surface area contributed by atoms with Gasteiger partial charge in [-0.2, -0.15) is 0 Å². The van der Waals surface area contributed by atoms with E-state index in [4.69, 9.17) is 4.74 Å². The van der Waals surface area contributed by atoms with Gasteiger partial charge in [-0.3, -0.25) is 4.90 Å². The third-order valence-corrected chi connectivity index (χ3v) is 5.59. The standard InChI is InChI=1S/C17H32N2O/c1-5-13-10-18-15(17(2,3)4)11-19(13)14-8-9-20-16(14)12-6-7-12/h12-16,18H,5-11H2,1-4H3. The summed E-state index contributed by atoms with van der Waals surface area (Å²) < 4.78 is 6.09. The highest BCUT2D eigenvalue weighted by Crippen LogP contribution is 2.41. The zero-order valence-corrected chi connectivity index (χ0v) is 13.7. The van der Waals surface area contributed by atoms with Crippen molar-refractivity contribution < 1.29 is 4.74 Å². The molecule has 1 N–H and O–H groups in total. The van der Waals surface area contributed by atoms with Crippen LogP contribution in [0.25, 0.3) is 0 Å². The van der Waals surface area contributed by atoms with Crippen LogP contribution in [0.2, 0.25) is 0 Å². The van der Waals surface area contributed by atoms with Crippen LogP contribution in [0.3, 0.4) is 0 Å². The van der Waals surface area contributed by atoms with Gasteiger partial charge in [0.1, 0.15) is 0 Å². The molecule has 2 heterocycles. The number of nitrogens with one attached hydrogen (secondary N) is 1. The number of hydrogen-bond donors (Lipinski definition) is 1. The van der Waals surface area contributed by atoms with E-state index in [1.807, 2.05) is 0 Å². The fourth-order valence-corrected chi connectivity index (χ4v) is 4.01. The number of hydrogen-bond acceptors (Lipinski definition) is 3. The Morgan fingerprint density at radius 2 is 1.95 bits per heavy atom. The second-order valence-electron chi connectivity index (χ2n) is 8.11. The zero-order chi connectivity index (χ0) is 14.3. The molecular weight excluding hydrogens is 248 g/mol. The SMILES string of the molecule is CCC1CNC(C(C)(C)C)CN1C1CCOC1C1CC1. The lowest BCUT2D eigenvalue weighted by molar-refractivity contribution is -0.00141. The Morgan fingerprint density at radius 3 is 2.55 bits per heavy atom. The molecule has 0 aromatic carbocycles. The maximum atomic E-state index is 6.09. The smallest absolute Gasteiger partial charge is 0.0759 e. The summed E-state index contributed by atoms with van der Waals surface area (Å²) in [6.07, 6.45) is 5.81. The molecule has 3 heteroatoms. The van der Waals surface area contributed by atoms with Crippen molar-refractivity contribution in [3.63, 3.8) is 0 Å². The molecule has 20 heavy (non-hydrogen) atoms. The highest BCUT2D eigenvalue weighted by molar-refractivity contribution is 5.00. The molecule has 0 amide bonds. The van der Waals surface area contributed by atoms with E-state index in [-0.39, 0.29) is 0 Å². The molecule has 3 rings (SSSR count). The van der Waals surface area contributed by atoms with Crippen molar-refractivity contribution in [3.05, 3.63) is 0 Å². The summed E-state index contributed by atoms with van der Waals surface area (Å²) in [4.78, 5) is 2.81. The third kappa shape index (κ3) is 2.90. The summed E-state index contributed by atoms with van der Waals surface area (Å²) >= 11 is 0. The molecular formula is C17H32N2O. The second kappa shape index (κ2) is 5.58. The van der Waals surface area contributed by atoms with Crippen LogP contribution in [0.1, 0.15) is 53.4 Å². The lowest BCUT2D eigenvalue weighted by atomic mass is 9.83. The second-order valence-corrected chi connectivity index (χ2v) is 8.11. The van der Waals surface area contributed by atoms with Crippen LogP contribution in [0.4, 0.5) is 0 Å². The molecule has 0 radical (unpaired) electrons. The molecule has 0 bridgehead atoms. The average Bonchev–Trinajstić information content (AvgIpc) is 3.14. The maximum absolute atomic E-state index is 6.09. The molecule has 0 aromatic rings. The highest BCUT2D eigenvalue weighted by atomic mass is 16.5. The molecule has 1 saturated carbocycles. The van der Waals surface area contributed by atoms with Gasteiger partial charge in [0.2, 0.25) is 0 Å². The predicted molar refractivity (Wildman–Crippen MR) is 82.9 cm³/mol. The minimum Gasteiger partial charge on any atom is -0.376 e. The third-order valence-electron chi connectivity index (χ3n) is 5.59. The van der Waals surface area contributed by atoms with E-state index in [9.17, 15) is 0 Å². The number of ether oxygens (including phenoxy) is 1. The molecule has 116 valence electrons. The molecule has 3 fully saturated rings. The normalized spacial score (nSPS) is 40.2. The fourth-order valence-electron chi connectivity index (χ4n) is 4.01. The molecule has 2 saturated heterocycles. The maximum Gasteiger partial charge on any atom is 0.0759 e. The van der Waals surface area contributed by atoms with Crippen molar-refractivity contribution in [3.8, 4) is 0 Å². The van der Waals surface area contributed by atoms with E-state index < -0.39 is 0 Å². The van der Waals surface area contributed by atoms with E-state index in [2.05, 4.69) is 37.9 Å². The Balaban J connectivity index is 1.73. The van der Waals surface area contributed by atoms with Crippen molar-refractivity contribution in [1.29, 1.82) is 0 Å². The zero-order valence-electron chi connectivity index (χ0n) is 13.7. The van der Waals surface area contributed by atoms with Crippen molar-refractivity contribution in [1.82, 2.24) is 10.2 Å². The lowest BCUT2D eigenvalue weighted by Gasteiger charge is -2.48. The Kier molecular flexibility index (Phi) is 4.13. The van der Waals surface area contributed by atoms with E-state index in [1.54, 1.807) is 0 Å². The topological polar surface area (TPSA) is 24.5 Å². The van der Waals surface area contributed by atoms with Gasteiger partial charge >= 0.3 is 0 Å². The monoisotopic (exact) mass is 280 g/mol. The molecule has 0 aromatic heterocycles. The summed E-state index contributed by atoms with van der Waals surface area (Å²) in [6.45, 7) is 12.7. The quantitative estimate of drug-likeness (QED) is 0.860. The first-order valence-corrected chi connectivity index (χ1v) is 8.61.